The highest BCUT2D eigenvalue weighted by Gasteiger charge is 2.43. The molecule has 0 aliphatic carbocycles. The Hall–Kier alpha value is -3.20. The quantitative estimate of drug-likeness (QED) is 0.203. The Kier molecular flexibility index (Phi) is 5.73. The van der Waals surface area contributed by atoms with Crippen LogP contribution in [0.1, 0.15) is 29.0 Å². The Morgan fingerprint density at radius 3 is 2.69 bits per heavy atom. The van der Waals surface area contributed by atoms with Crippen molar-refractivity contribution in [2.24, 2.45) is 5.73 Å². The van der Waals surface area contributed by atoms with Gasteiger partial charge in [0.05, 0.1) is 11.2 Å². The van der Waals surface area contributed by atoms with Gasteiger partial charge in [-0.2, -0.15) is 0 Å². The first kappa shape index (κ1) is 19.1. The number of carbonyl (C=O) groups is 2. The second-order valence-corrected chi connectivity index (χ2v) is 5.89. The van der Waals surface area contributed by atoms with Crippen LogP contribution >= 0.6 is 0 Å². The van der Waals surface area contributed by atoms with Gasteiger partial charge in [-0.15, -0.1) is 0 Å². The van der Waals surface area contributed by atoms with Crippen molar-refractivity contribution < 1.29 is 24.0 Å². The minimum absolute atomic E-state index is 0.0838. The summed E-state index contributed by atoms with van der Waals surface area (Å²) in [5, 5.41) is 23.3. The maximum absolute atomic E-state index is 12.3. The van der Waals surface area contributed by atoms with E-state index in [1.807, 2.05) is 0 Å². The molecule has 0 unspecified atom stereocenters. The van der Waals surface area contributed by atoms with E-state index in [1.165, 1.54) is 24.5 Å². The summed E-state index contributed by atoms with van der Waals surface area (Å²) in [5.74, 6) is -2.41. The Morgan fingerprint density at radius 1 is 1.38 bits per heavy atom. The molecule has 26 heavy (non-hydrogen) atoms. The molecule has 4 N–H and O–H groups in total. The summed E-state index contributed by atoms with van der Waals surface area (Å²) in [7, 11) is 0. The van der Waals surface area contributed by atoms with E-state index in [1.54, 1.807) is 19.1 Å². The number of furan rings is 1. The minimum Gasteiger partial charge on any atom is -0.480 e. The number of benzene rings is 1. The van der Waals surface area contributed by atoms with Gasteiger partial charge < -0.3 is 20.6 Å². The summed E-state index contributed by atoms with van der Waals surface area (Å²) in [6.07, 6.45) is 1.31. The normalized spacial score (nSPS) is 13.0. The predicted octanol–water partition coefficient (Wildman–Crippen LogP) is 2.35. The number of nitrogens with zero attached hydrogens (tertiary/aromatic N) is 1. The SMILES string of the molecule is Cc1ccc([N+](=O)[O-])c(NCCC[C@@](N)(C(=O)O)C(=O)c2ccco2)c1. The van der Waals surface area contributed by atoms with E-state index in [4.69, 9.17) is 10.2 Å². The Balaban J connectivity index is 2.03. The number of hydrogen-bond acceptors (Lipinski definition) is 7. The van der Waals surface area contributed by atoms with Gasteiger partial charge in [-0.05, 0) is 43.5 Å². The second kappa shape index (κ2) is 7.79. The van der Waals surface area contributed by atoms with Gasteiger partial charge in [0.25, 0.3) is 5.69 Å². The number of aryl methyl sites for hydroxylation is 1. The molecule has 1 atom stereocenters. The smallest absolute Gasteiger partial charge is 0.331 e. The Morgan fingerprint density at radius 2 is 2.12 bits per heavy atom. The summed E-state index contributed by atoms with van der Waals surface area (Å²) in [5.41, 5.74) is 4.76. The Labute approximate surface area is 148 Å². The van der Waals surface area contributed by atoms with E-state index in [0.717, 1.165) is 5.56 Å². The van der Waals surface area contributed by atoms with E-state index >= 15 is 0 Å². The topological polar surface area (TPSA) is 149 Å². The van der Waals surface area contributed by atoms with Crippen molar-refractivity contribution >= 4 is 23.1 Å². The highest BCUT2D eigenvalue weighted by Crippen LogP contribution is 2.25. The third-order valence-electron chi connectivity index (χ3n) is 3.94. The van der Waals surface area contributed by atoms with Crippen LogP contribution in [-0.2, 0) is 4.79 Å². The lowest BCUT2D eigenvalue weighted by atomic mass is 9.88. The second-order valence-electron chi connectivity index (χ2n) is 5.89. The van der Waals surface area contributed by atoms with E-state index in [2.05, 4.69) is 5.32 Å². The maximum Gasteiger partial charge on any atom is 0.331 e. The molecule has 0 saturated carbocycles. The number of nitro groups is 1. The Bertz CT molecular complexity index is 818. The van der Waals surface area contributed by atoms with Crippen LogP contribution in [0.3, 0.4) is 0 Å². The number of anilines is 1. The number of nitrogens with two attached hydrogens (primary N) is 1. The molecule has 1 aromatic heterocycles. The number of Topliss-reactive ketones (excluding diaryl/α,β-unsaturated/α-hetero) is 1. The highest BCUT2D eigenvalue weighted by molar-refractivity contribution is 6.14. The predicted molar refractivity (Wildman–Crippen MR) is 93.1 cm³/mol. The van der Waals surface area contributed by atoms with Crippen LogP contribution in [0.5, 0.6) is 0 Å². The summed E-state index contributed by atoms with van der Waals surface area (Å²) in [6, 6.07) is 7.46. The number of ketones is 1. The molecule has 2 rings (SSSR count). The van der Waals surface area contributed by atoms with Gasteiger partial charge in [-0.3, -0.25) is 14.9 Å². The molecule has 0 aliphatic rings. The number of rotatable bonds is 9. The average Bonchev–Trinajstić information content (AvgIpc) is 3.11. The molecule has 0 fully saturated rings. The van der Waals surface area contributed by atoms with Gasteiger partial charge in [-0.25, -0.2) is 4.79 Å². The van der Waals surface area contributed by atoms with Crippen LogP contribution in [0, 0.1) is 17.0 Å². The van der Waals surface area contributed by atoms with Gasteiger partial charge in [0.1, 0.15) is 5.69 Å². The first-order chi connectivity index (χ1) is 12.3. The average molecular weight is 361 g/mol. The molecule has 138 valence electrons. The molecule has 0 saturated heterocycles. The van der Waals surface area contributed by atoms with E-state index in [0.29, 0.717) is 5.69 Å². The molecule has 9 heteroatoms. The summed E-state index contributed by atoms with van der Waals surface area (Å²) in [6.45, 7) is 2.01. The van der Waals surface area contributed by atoms with Gasteiger partial charge >= 0.3 is 5.97 Å². The molecule has 0 amide bonds. The van der Waals surface area contributed by atoms with Crippen molar-refractivity contribution in [2.45, 2.75) is 25.3 Å². The van der Waals surface area contributed by atoms with Crippen LogP contribution < -0.4 is 11.1 Å². The number of nitrogens with one attached hydrogen (secondary N) is 1. The third kappa shape index (κ3) is 4.06. The molecule has 0 aliphatic heterocycles. The van der Waals surface area contributed by atoms with Crippen molar-refractivity contribution in [3.05, 3.63) is 58.0 Å². The number of carboxylic acid groups (broad SMARTS) is 1. The standard InChI is InChI=1S/C17H19N3O6/c1-11-5-6-13(20(24)25)12(10-11)19-8-3-7-17(18,16(22)23)15(21)14-4-2-9-26-14/h2,4-6,9-10,19H,3,7-8,18H2,1H3,(H,22,23)/t17-/m0/s1. The number of hydrogen-bond donors (Lipinski definition) is 3. The molecule has 9 nitrogen and oxygen atoms in total. The lowest BCUT2D eigenvalue weighted by molar-refractivity contribution is -0.384. The third-order valence-corrected chi connectivity index (χ3v) is 3.94. The first-order valence-corrected chi connectivity index (χ1v) is 7.85. The van der Waals surface area contributed by atoms with Gasteiger partial charge in [-0.1, -0.05) is 6.07 Å². The van der Waals surface area contributed by atoms with Crippen molar-refractivity contribution in [3.8, 4) is 0 Å². The monoisotopic (exact) mass is 361 g/mol. The zero-order valence-electron chi connectivity index (χ0n) is 14.1. The maximum atomic E-state index is 12.3. The molecule has 1 heterocycles. The zero-order valence-corrected chi connectivity index (χ0v) is 14.1. The lowest BCUT2D eigenvalue weighted by Crippen LogP contribution is -2.55. The largest absolute Gasteiger partial charge is 0.480 e. The number of aliphatic carboxylic acids is 1. The highest BCUT2D eigenvalue weighted by atomic mass is 16.6. The van der Waals surface area contributed by atoms with Gasteiger partial charge in [0.2, 0.25) is 5.78 Å². The fourth-order valence-electron chi connectivity index (χ4n) is 2.49. The van der Waals surface area contributed by atoms with Crippen molar-refractivity contribution in [2.75, 3.05) is 11.9 Å². The van der Waals surface area contributed by atoms with Crippen molar-refractivity contribution in [1.82, 2.24) is 0 Å². The summed E-state index contributed by atoms with van der Waals surface area (Å²) >= 11 is 0. The lowest BCUT2D eigenvalue weighted by Gasteiger charge is -2.22. The van der Waals surface area contributed by atoms with E-state index in [-0.39, 0.29) is 30.8 Å². The number of nitro benzene ring substituents is 1. The minimum atomic E-state index is -2.13. The van der Waals surface area contributed by atoms with E-state index < -0.39 is 22.2 Å². The van der Waals surface area contributed by atoms with E-state index in [9.17, 15) is 24.8 Å². The number of carboxylic acids is 1. The first-order valence-electron chi connectivity index (χ1n) is 7.85. The van der Waals surface area contributed by atoms with Crippen LogP contribution in [0.4, 0.5) is 11.4 Å². The van der Waals surface area contributed by atoms with Crippen LogP contribution in [0.25, 0.3) is 0 Å². The van der Waals surface area contributed by atoms with Crippen LogP contribution in [-0.4, -0.2) is 33.9 Å². The zero-order chi connectivity index (χ0) is 19.3. The molecule has 1 aromatic carbocycles. The molecule has 0 bridgehead atoms. The molecule has 0 radical (unpaired) electrons. The molecule has 0 spiro atoms. The summed E-state index contributed by atoms with van der Waals surface area (Å²) in [4.78, 5) is 34.4. The van der Waals surface area contributed by atoms with Crippen molar-refractivity contribution in [3.63, 3.8) is 0 Å². The van der Waals surface area contributed by atoms with Crippen molar-refractivity contribution in [1.29, 1.82) is 0 Å². The molecule has 2 aromatic rings. The molecular formula is C17H19N3O6. The molecular weight excluding hydrogens is 342 g/mol. The van der Waals surface area contributed by atoms with Gasteiger partial charge in [0.15, 0.2) is 11.3 Å². The van der Waals surface area contributed by atoms with Crippen LogP contribution in [0.15, 0.2) is 41.0 Å². The van der Waals surface area contributed by atoms with Gasteiger partial charge in [0, 0.05) is 12.6 Å². The number of carbonyl (C=O) groups excluding carboxylic acids is 1. The fraction of sp³-hybridized carbons (Fsp3) is 0.294. The van der Waals surface area contributed by atoms with Crippen LogP contribution in [0.2, 0.25) is 0 Å². The summed E-state index contributed by atoms with van der Waals surface area (Å²) < 4.78 is 4.94. The fourth-order valence-corrected chi connectivity index (χ4v) is 2.49.